The molecule has 1 aromatic rings. The monoisotopic (exact) mass is 259 g/mol. The molecule has 0 spiro atoms. The molecule has 0 bridgehead atoms. The Kier molecular flexibility index (Phi) is 5.89. The van der Waals surface area contributed by atoms with Crippen molar-refractivity contribution in [3.8, 4) is 0 Å². The van der Waals surface area contributed by atoms with Crippen LogP contribution in [0.25, 0.3) is 0 Å². The lowest BCUT2D eigenvalue weighted by Gasteiger charge is -2.25. The molecule has 0 radical (unpaired) electrons. The summed E-state index contributed by atoms with van der Waals surface area (Å²) >= 11 is 5.96. The van der Waals surface area contributed by atoms with Gasteiger partial charge in [-0.25, -0.2) is 4.39 Å². The fraction of sp³-hybridized carbons (Fsp3) is 0.538. The number of hydrogen-bond acceptors (Lipinski definition) is 2. The predicted molar refractivity (Wildman–Crippen MR) is 68.9 cm³/mol. The van der Waals surface area contributed by atoms with Crippen molar-refractivity contribution >= 4 is 11.6 Å². The first-order valence-corrected chi connectivity index (χ1v) is 6.21. The first-order valence-electron chi connectivity index (χ1n) is 5.83. The zero-order valence-electron chi connectivity index (χ0n) is 10.3. The Hall–Kier alpha value is -0.640. The highest BCUT2D eigenvalue weighted by Gasteiger charge is 2.10. The zero-order chi connectivity index (χ0) is 12.8. The predicted octanol–water partition coefficient (Wildman–Crippen LogP) is 2.72. The summed E-state index contributed by atoms with van der Waals surface area (Å²) in [4.78, 5) is 2.17. The van der Waals surface area contributed by atoms with Crippen LogP contribution >= 0.6 is 11.6 Å². The van der Waals surface area contributed by atoms with Gasteiger partial charge < -0.3 is 5.11 Å². The molecule has 2 nitrogen and oxygen atoms in total. The first kappa shape index (κ1) is 14.4. The molecule has 0 saturated carbocycles. The van der Waals surface area contributed by atoms with Gasteiger partial charge >= 0.3 is 0 Å². The van der Waals surface area contributed by atoms with E-state index in [4.69, 9.17) is 16.7 Å². The molecule has 0 saturated heterocycles. The Morgan fingerprint density at radius 2 is 2.06 bits per heavy atom. The quantitative estimate of drug-likeness (QED) is 0.849. The molecule has 0 aliphatic heterocycles. The van der Waals surface area contributed by atoms with Crippen molar-refractivity contribution in [3.05, 3.63) is 34.6 Å². The number of aliphatic hydroxyl groups is 1. The highest BCUT2D eigenvalue weighted by atomic mass is 35.5. The number of rotatable bonds is 6. The van der Waals surface area contributed by atoms with Gasteiger partial charge in [0.1, 0.15) is 5.82 Å². The van der Waals surface area contributed by atoms with Crippen molar-refractivity contribution in [1.29, 1.82) is 0 Å². The molecule has 0 unspecified atom stereocenters. The second-order valence-electron chi connectivity index (χ2n) is 4.34. The number of aliphatic hydroxyl groups excluding tert-OH is 1. The minimum atomic E-state index is -0.310. The maximum atomic E-state index is 12.9. The largest absolute Gasteiger partial charge is 0.395 e. The Morgan fingerprint density at radius 3 is 2.59 bits per heavy atom. The average molecular weight is 260 g/mol. The Morgan fingerprint density at radius 1 is 1.35 bits per heavy atom. The lowest BCUT2D eigenvalue weighted by Crippen LogP contribution is -2.35. The standard InChI is InChI=1S/C13H19ClFNO/c1-10(2)16(7-8-17)6-5-11-3-4-12(15)9-13(11)14/h3-4,9-10,17H,5-8H2,1-2H3. The summed E-state index contributed by atoms with van der Waals surface area (Å²) in [5.74, 6) is -0.310. The normalized spacial score (nSPS) is 11.5. The Labute approximate surface area is 107 Å². The van der Waals surface area contributed by atoms with Crippen LogP contribution in [0.1, 0.15) is 19.4 Å². The topological polar surface area (TPSA) is 23.5 Å². The van der Waals surface area contributed by atoms with Crippen LogP contribution in [0.5, 0.6) is 0 Å². The summed E-state index contributed by atoms with van der Waals surface area (Å²) in [5, 5.41) is 9.43. The van der Waals surface area contributed by atoms with E-state index in [1.54, 1.807) is 6.07 Å². The van der Waals surface area contributed by atoms with Gasteiger partial charge in [-0.05, 0) is 38.0 Å². The molecule has 96 valence electrons. The van der Waals surface area contributed by atoms with Gasteiger partial charge in [-0.1, -0.05) is 17.7 Å². The van der Waals surface area contributed by atoms with Gasteiger partial charge in [-0.15, -0.1) is 0 Å². The number of halogens is 2. The van der Waals surface area contributed by atoms with Crippen molar-refractivity contribution in [3.63, 3.8) is 0 Å². The third-order valence-corrected chi connectivity index (χ3v) is 3.15. The first-order chi connectivity index (χ1) is 8.04. The van der Waals surface area contributed by atoms with Gasteiger partial charge in [0.2, 0.25) is 0 Å². The smallest absolute Gasteiger partial charge is 0.124 e. The molecule has 1 N–H and O–H groups in total. The molecule has 0 aliphatic carbocycles. The highest BCUT2D eigenvalue weighted by molar-refractivity contribution is 6.31. The summed E-state index contributed by atoms with van der Waals surface area (Å²) in [6.07, 6.45) is 0.761. The second kappa shape index (κ2) is 6.94. The third kappa shape index (κ3) is 4.62. The lowest BCUT2D eigenvalue weighted by atomic mass is 10.1. The van der Waals surface area contributed by atoms with E-state index in [1.165, 1.54) is 12.1 Å². The highest BCUT2D eigenvalue weighted by Crippen LogP contribution is 2.18. The van der Waals surface area contributed by atoms with E-state index in [0.29, 0.717) is 17.6 Å². The minimum absolute atomic E-state index is 0.148. The molecule has 0 aromatic heterocycles. The van der Waals surface area contributed by atoms with E-state index in [9.17, 15) is 4.39 Å². The van der Waals surface area contributed by atoms with E-state index in [1.807, 2.05) is 0 Å². The van der Waals surface area contributed by atoms with Gasteiger partial charge in [0.15, 0.2) is 0 Å². The SMILES string of the molecule is CC(C)N(CCO)CCc1ccc(F)cc1Cl. The summed E-state index contributed by atoms with van der Waals surface area (Å²) in [5.41, 5.74) is 0.941. The summed E-state index contributed by atoms with van der Waals surface area (Å²) in [6, 6.07) is 4.85. The molecule has 0 fully saturated rings. The van der Waals surface area contributed by atoms with Gasteiger partial charge in [-0.2, -0.15) is 0 Å². The fourth-order valence-corrected chi connectivity index (χ4v) is 2.01. The Bertz CT molecular complexity index is 357. The number of benzene rings is 1. The van der Waals surface area contributed by atoms with Gasteiger partial charge in [0, 0.05) is 24.2 Å². The van der Waals surface area contributed by atoms with E-state index >= 15 is 0 Å². The molecule has 4 heteroatoms. The maximum absolute atomic E-state index is 12.9. The molecule has 0 heterocycles. The molecule has 0 amide bonds. The lowest BCUT2D eigenvalue weighted by molar-refractivity contribution is 0.167. The van der Waals surface area contributed by atoms with E-state index in [0.717, 1.165) is 18.5 Å². The van der Waals surface area contributed by atoms with E-state index in [-0.39, 0.29) is 12.4 Å². The second-order valence-corrected chi connectivity index (χ2v) is 4.75. The van der Waals surface area contributed by atoms with Crippen molar-refractivity contribution in [2.24, 2.45) is 0 Å². The average Bonchev–Trinajstić information content (AvgIpc) is 2.25. The summed E-state index contributed by atoms with van der Waals surface area (Å²) in [7, 11) is 0. The molecule has 1 aromatic carbocycles. The van der Waals surface area contributed by atoms with Crippen molar-refractivity contribution in [2.75, 3.05) is 19.7 Å². The van der Waals surface area contributed by atoms with Crippen molar-refractivity contribution < 1.29 is 9.50 Å². The van der Waals surface area contributed by atoms with Gasteiger partial charge in [0.05, 0.1) is 6.61 Å². The van der Waals surface area contributed by atoms with Crippen molar-refractivity contribution in [1.82, 2.24) is 4.90 Å². The van der Waals surface area contributed by atoms with Crippen LogP contribution < -0.4 is 0 Å². The molecule has 17 heavy (non-hydrogen) atoms. The van der Waals surface area contributed by atoms with Gasteiger partial charge in [0.25, 0.3) is 0 Å². The van der Waals surface area contributed by atoms with Crippen LogP contribution in [0.15, 0.2) is 18.2 Å². The number of hydrogen-bond donors (Lipinski definition) is 1. The van der Waals surface area contributed by atoms with Crippen LogP contribution in [-0.4, -0.2) is 35.7 Å². The van der Waals surface area contributed by atoms with Crippen LogP contribution in [0.2, 0.25) is 5.02 Å². The molecular weight excluding hydrogens is 241 g/mol. The minimum Gasteiger partial charge on any atom is -0.395 e. The number of nitrogens with zero attached hydrogens (tertiary/aromatic N) is 1. The van der Waals surface area contributed by atoms with Crippen LogP contribution in [-0.2, 0) is 6.42 Å². The molecule has 1 rings (SSSR count). The zero-order valence-corrected chi connectivity index (χ0v) is 11.0. The molecule has 0 aliphatic rings. The molecule has 0 atom stereocenters. The van der Waals surface area contributed by atoms with Gasteiger partial charge in [-0.3, -0.25) is 4.90 Å². The van der Waals surface area contributed by atoms with E-state index < -0.39 is 0 Å². The van der Waals surface area contributed by atoms with Crippen LogP contribution in [0, 0.1) is 5.82 Å². The Balaban J connectivity index is 2.59. The third-order valence-electron chi connectivity index (χ3n) is 2.80. The van der Waals surface area contributed by atoms with E-state index in [2.05, 4.69) is 18.7 Å². The fourth-order valence-electron chi connectivity index (χ4n) is 1.75. The molecular formula is C13H19ClFNO. The maximum Gasteiger partial charge on any atom is 0.124 e. The summed E-state index contributed by atoms with van der Waals surface area (Å²) in [6.45, 7) is 5.78. The van der Waals surface area contributed by atoms with Crippen LogP contribution in [0.4, 0.5) is 4.39 Å². The summed E-state index contributed by atoms with van der Waals surface area (Å²) < 4.78 is 12.9. The van der Waals surface area contributed by atoms with Crippen molar-refractivity contribution in [2.45, 2.75) is 26.3 Å². The van der Waals surface area contributed by atoms with Crippen LogP contribution in [0.3, 0.4) is 0 Å².